The quantitative estimate of drug-likeness (QED) is 0.279. The molecule has 1 atom stereocenters. The molecule has 1 fully saturated rings. The number of hydrogen-bond donors (Lipinski definition) is 3. The number of nitrogens with zero attached hydrogens (tertiary/aromatic N) is 3. The number of anilines is 3. The Morgan fingerprint density at radius 1 is 1.34 bits per heavy atom. The van der Waals surface area contributed by atoms with Gasteiger partial charge < -0.3 is 25.2 Å². The molecule has 0 radical (unpaired) electrons. The van der Waals surface area contributed by atoms with Gasteiger partial charge in [0.25, 0.3) is 5.91 Å². The van der Waals surface area contributed by atoms with E-state index in [9.17, 15) is 15.1 Å². The lowest BCUT2D eigenvalue weighted by Crippen LogP contribution is -2.29. The van der Waals surface area contributed by atoms with Gasteiger partial charge in [-0.3, -0.25) is 10.1 Å². The molecule has 168 valence electrons. The van der Waals surface area contributed by atoms with Crippen molar-refractivity contribution in [1.29, 1.82) is 0 Å². The molecule has 0 bridgehead atoms. The first-order chi connectivity index (χ1) is 15.3. The van der Waals surface area contributed by atoms with Crippen molar-refractivity contribution in [3.05, 3.63) is 63.0 Å². The van der Waals surface area contributed by atoms with Crippen LogP contribution in [0.4, 0.5) is 17.3 Å². The molecule has 4 rings (SSSR count). The van der Waals surface area contributed by atoms with Crippen LogP contribution in [0.3, 0.4) is 0 Å². The molecular formula is C22H25N5O4S. The highest BCUT2D eigenvalue weighted by molar-refractivity contribution is 7.12. The van der Waals surface area contributed by atoms with Gasteiger partial charge in [0.1, 0.15) is 6.04 Å². The summed E-state index contributed by atoms with van der Waals surface area (Å²) >= 11 is 1.59. The van der Waals surface area contributed by atoms with Crippen molar-refractivity contribution in [1.82, 2.24) is 10.1 Å². The Hall–Kier alpha value is -3.53. The van der Waals surface area contributed by atoms with Gasteiger partial charge in [0.15, 0.2) is 5.75 Å². The third-order valence-electron chi connectivity index (χ3n) is 5.35. The minimum atomic E-state index is -0.328. The zero-order chi connectivity index (χ0) is 22.8. The predicted octanol–water partition coefficient (Wildman–Crippen LogP) is 4.09. The SMILES string of the molecule is C=C(C)[C@@H](Nc1c(Nc2cccc(C(=O)N3CCCC3)c2O)no[n+]1[O-])c1ccc(C)s1. The highest BCUT2D eigenvalue weighted by Crippen LogP contribution is 2.35. The summed E-state index contributed by atoms with van der Waals surface area (Å²) in [7, 11) is 0. The number of rotatable bonds is 7. The summed E-state index contributed by atoms with van der Waals surface area (Å²) in [6.07, 6.45) is 1.91. The third kappa shape index (κ3) is 4.26. The molecule has 1 aromatic carbocycles. The highest BCUT2D eigenvalue weighted by Gasteiger charge is 2.27. The summed E-state index contributed by atoms with van der Waals surface area (Å²) in [6, 6.07) is 8.48. The van der Waals surface area contributed by atoms with Crippen molar-refractivity contribution in [3.63, 3.8) is 0 Å². The van der Waals surface area contributed by atoms with E-state index >= 15 is 0 Å². The first-order valence-electron chi connectivity index (χ1n) is 10.3. The second-order valence-corrected chi connectivity index (χ2v) is 9.14. The van der Waals surface area contributed by atoms with Crippen LogP contribution in [0, 0.1) is 12.1 Å². The number of nitrogens with one attached hydrogen (secondary N) is 2. The average Bonchev–Trinajstić information content (AvgIpc) is 3.50. The molecule has 9 nitrogen and oxygen atoms in total. The number of carbonyl (C=O) groups excluding carboxylic acids is 1. The number of phenolic OH excluding ortho intramolecular Hbond substituents is 1. The molecule has 2 aromatic heterocycles. The van der Waals surface area contributed by atoms with Crippen molar-refractivity contribution < 1.29 is 19.4 Å². The number of thiophene rings is 1. The zero-order valence-corrected chi connectivity index (χ0v) is 18.7. The predicted molar refractivity (Wildman–Crippen MR) is 122 cm³/mol. The number of aromatic hydroxyl groups is 1. The molecule has 1 aliphatic heterocycles. The smallest absolute Gasteiger partial charge is 0.320 e. The van der Waals surface area contributed by atoms with E-state index in [1.54, 1.807) is 34.4 Å². The number of para-hydroxylation sites is 1. The van der Waals surface area contributed by atoms with Gasteiger partial charge in [-0.05, 0) is 61.7 Å². The second-order valence-electron chi connectivity index (χ2n) is 7.83. The minimum absolute atomic E-state index is 0.0414. The fraction of sp³-hybridized carbons (Fsp3) is 0.318. The van der Waals surface area contributed by atoms with Gasteiger partial charge in [-0.25, -0.2) is 0 Å². The Kier molecular flexibility index (Phi) is 6.04. The van der Waals surface area contributed by atoms with Gasteiger partial charge in [-0.15, -0.1) is 11.3 Å². The first kappa shape index (κ1) is 21.7. The standard InChI is InChI=1S/C22H25N5O4S/c1-13(2)18(17-10-9-14(3)32-17)24-21-20(25-31-27(21)30)23-16-8-6-7-15(19(16)28)22(29)26-11-4-5-12-26/h6-10,18,24,28H,1,4-5,11-12H2,2-3H3,(H,23,25)/t18-/m1/s1. The fourth-order valence-corrected chi connectivity index (χ4v) is 4.69. The Bertz CT molecular complexity index is 1150. The molecule has 0 unspecified atom stereocenters. The minimum Gasteiger partial charge on any atom is -0.505 e. The summed E-state index contributed by atoms with van der Waals surface area (Å²) in [6.45, 7) is 9.24. The molecule has 1 amide bonds. The van der Waals surface area contributed by atoms with Crippen LogP contribution in [0.1, 0.15) is 45.9 Å². The lowest BCUT2D eigenvalue weighted by atomic mass is 10.1. The molecule has 0 saturated carbocycles. The van der Waals surface area contributed by atoms with Crippen LogP contribution in [0.5, 0.6) is 5.75 Å². The van der Waals surface area contributed by atoms with Crippen LogP contribution in [0.15, 0.2) is 47.1 Å². The number of amides is 1. The molecule has 32 heavy (non-hydrogen) atoms. The van der Waals surface area contributed by atoms with Crippen LogP contribution in [0.25, 0.3) is 0 Å². The van der Waals surface area contributed by atoms with Crippen molar-refractivity contribution in [3.8, 4) is 5.75 Å². The summed E-state index contributed by atoms with van der Waals surface area (Å²) < 4.78 is 4.79. The number of hydrogen-bond acceptors (Lipinski definition) is 8. The maximum Gasteiger partial charge on any atom is 0.320 e. The van der Waals surface area contributed by atoms with Crippen LogP contribution in [0.2, 0.25) is 0 Å². The molecule has 3 N–H and O–H groups in total. The third-order valence-corrected chi connectivity index (χ3v) is 6.41. The van der Waals surface area contributed by atoms with Crippen LogP contribution in [-0.2, 0) is 0 Å². The summed E-state index contributed by atoms with van der Waals surface area (Å²) in [5, 5.41) is 32.9. The normalized spacial score (nSPS) is 14.4. The van der Waals surface area contributed by atoms with Crippen LogP contribution >= 0.6 is 11.3 Å². The van der Waals surface area contributed by atoms with Gasteiger partial charge >= 0.3 is 11.6 Å². The highest BCUT2D eigenvalue weighted by atomic mass is 32.1. The maximum atomic E-state index is 12.8. The Morgan fingerprint density at radius 3 is 2.75 bits per heavy atom. The van der Waals surface area contributed by atoms with Gasteiger partial charge in [-0.1, -0.05) is 17.5 Å². The van der Waals surface area contributed by atoms with Gasteiger partial charge in [0, 0.05) is 22.8 Å². The van der Waals surface area contributed by atoms with E-state index in [0.29, 0.717) is 13.1 Å². The molecule has 3 aromatic rings. The average molecular weight is 456 g/mol. The first-order valence-corrected chi connectivity index (χ1v) is 11.1. The number of aryl methyl sites for hydroxylation is 1. The lowest BCUT2D eigenvalue weighted by Gasteiger charge is -2.17. The number of likely N-dealkylation sites (tertiary alicyclic amines) is 1. The van der Waals surface area contributed by atoms with Gasteiger partial charge in [0.2, 0.25) is 0 Å². The molecule has 3 heterocycles. The molecule has 10 heteroatoms. The van der Waals surface area contributed by atoms with E-state index in [0.717, 1.165) is 28.2 Å². The van der Waals surface area contributed by atoms with Crippen molar-refractivity contribution >= 4 is 34.6 Å². The molecule has 0 aliphatic carbocycles. The molecule has 0 spiro atoms. The number of phenols is 1. The molecule has 1 aliphatic rings. The maximum absolute atomic E-state index is 12.8. The second kappa shape index (κ2) is 8.91. The molecular weight excluding hydrogens is 430 g/mol. The van der Waals surface area contributed by atoms with Crippen molar-refractivity contribution in [2.45, 2.75) is 32.7 Å². The van der Waals surface area contributed by atoms with Crippen LogP contribution < -0.4 is 15.5 Å². The monoisotopic (exact) mass is 455 g/mol. The Balaban J connectivity index is 1.61. The zero-order valence-electron chi connectivity index (χ0n) is 17.9. The topological polar surface area (TPSA) is 118 Å². The van der Waals surface area contributed by atoms with E-state index in [-0.39, 0.29) is 45.5 Å². The number of carbonyl (C=O) groups is 1. The van der Waals surface area contributed by atoms with E-state index < -0.39 is 0 Å². The number of aromatic nitrogens is 2. The Morgan fingerprint density at radius 2 is 2.09 bits per heavy atom. The fourth-order valence-electron chi connectivity index (χ4n) is 3.67. The van der Waals surface area contributed by atoms with Crippen LogP contribution in [-0.4, -0.2) is 34.2 Å². The van der Waals surface area contributed by atoms with Crippen molar-refractivity contribution in [2.75, 3.05) is 23.7 Å². The largest absolute Gasteiger partial charge is 0.505 e. The summed E-state index contributed by atoms with van der Waals surface area (Å²) in [4.78, 5) is 16.9. The Labute approximate surface area is 189 Å². The van der Waals surface area contributed by atoms with Crippen molar-refractivity contribution in [2.24, 2.45) is 0 Å². The number of benzene rings is 1. The summed E-state index contributed by atoms with van der Waals surface area (Å²) in [5.41, 5.74) is 1.24. The molecule has 1 saturated heterocycles. The van der Waals surface area contributed by atoms with Gasteiger partial charge in [-0.2, -0.15) is 0 Å². The van der Waals surface area contributed by atoms with E-state index in [1.165, 1.54) is 0 Å². The van der Waals surface area contributed by atoms with E-state index in [4.69, 9.17) is 4.63 Å². The summed E-state index contributed by atoms with van der Waals surface area (Å²) in [5.74, 6) is -0.307. The lowest BCUT2D eigenvalue weighted by molar-refractivity contribution is -0.791. The van der Waals surface area contributed by atoms with E-state index in [1.807, 2.05) is 26.0 Å². The van der Waals surface area contributed by atoms with Gasteiger partial charge in [0.05, 0.1) is 11.3 Å². The van der Waals surface area contributed by atoms with E-state index in [2.05, 4.69) is 22.4 Å².